The van der Waals surface area contributed by atoms with E-state index in [1.54, 1.807) is 18.2 Å². The number of carbonyl (C=O) groups excluding carboxylic acids is 6. The van der Waals surface area contributed by atoms with E-state index >= 15 is 0 Å². The Hall–Kier alpha value is -6.76. The normalized spacial score (nSPS) is 16.4. The highest BCUT2D eigenvalue weighted by Crippen LogP contribution is 2.34. The topological polar surface area (TPSA) is 331 Å². The Morgan fingerprint density at radius 3 is 1.01 bits per heavy atom. The summed E-state index contributed by atoms with van der Waals surface area (Å²) in [6, 6.07) is 8.85. The Morgan fingerprint density at radius 1 is 0.378 bits per heavy atom. The molecular formula is C67H108N12O11. The van der Waals surface area contributed by atoms with Gasteiger partial charge in [-0.2, -0.15) is 0 Å². The van der Waals surface area contributed by atoms with Gasteiger partial charge in [0.05, 0.1) is 61.9 Å². The summed E-state index contributed by atoms with van der Waals surface area (Å²) in [6.45, 7) is 5.59. The average Bonchev–Trinajstić information content (AvgIpc) is 0.977. The molecule has 0 heterocycles. The lowest BCUT2D eigenvalue weighted by Gasteiger charge is -2.30. The SMILES string of the molecule is COc1cc(OC)c(C(=O)NC2CCC(NC(=O)c3cc(C(=O)NCCN(C)C)c(OCCCCCN)cc3OCCCCCN)CC2)cc1C(=O)NC1CCC(NC(=O)c2cc(C(=O)NCCN(C)C)c(CCCCCCN)cc2OCCCCCN)CC1. The van der Waals surface area contributed by atoms with Gasteiger partial charge in [0.15, 0.2) is 0 Å². The van der Waals surface area contributed by atoms with Crippen molar-refractivity contribution < 1.29 is 52.5 Å². The number of unbranched alkanes of at least 4 members (excludes halogenated alkanes) is 9. The summed E-state index contributed by atoms with van der Waals surface area (Å²) < 4.78 is 30.1. The predicted octanol–water partition coefficient (Wildman–Crippen LogP) is 5.81. The molecule has 90 heavy (non-hydrogen) atoms. The van der Waals surface area contributed by atoms with Gasteiger partial charge in [0, 0.05) is 68.0 Å². The Kier molecular flexibility index (Phi) is 33.6. The van der Waals surface area contributed by atoms with Crippen molar-refractivity contribution in [1.82, 2.24) is 41.7 Å². The van der Waals surface area contributed by atoms with E-state index in [4.69, 9.17) is 46.6 Å². The van der Waals surface area contributed by atoms with Crippen LogP contribution in [0.25, 0.3) is 0 Å². The standard InChI is InChI=1S/C67H108N12O11/c1-78(2)35-33-72-62(80)51-41-55(59(88-37-17-9-14-30-69)40-46(51)20-12-7-8-13-29-68)66(84)76-49-25-21-47(22-26-49)74-64(82)52-42-53(58(87-6)44-57(52)86-5)65(83)75-48-23-27-50(28-24-48)77-67(85)56-43-54(63(81)73-34-36-79(3)4)60(89-38-18-10-15-31-70)45-61(56)90-39-19-11-16-32-71/h40-45,47-50H,7-39,68-71H2,1-6H3,(H,72,80)(H,73,81)(H,74,82)(H,75,83)(H,76,84)(H,77,85). The van der Waals surface area contributed by atoms with Gasteiger partial charge in [0.1, 0.15) is 28.7 Å². The Balaban J connectivity index is 1.23. The van der Waals surface area contributed by atoms with E-state index in [0.717, 1.165) is 89.0 Å². The van der Waals surface area contributed by atoms with Gasteiger partial charge in [-0.1, -0.05) is 12.8 Å². The van der Waals surface area contributed by atoms with E-state index < -0.39 is 11.8 Å². The molecule has 2 fully saturated rings. The number of carbonyl (C=O) groups is 6. The minimum atomic E-state index is -0.427. The number of hydrogen-bond acceptors (Lipinski definition) is 17. The summed E-state index contributed by atoms with van der Waals surface area (Å²) in [5.41, 5.74) is 25.3. The van der Waals surface area contributed by atoms with Crippen LogP contribution in [0.5, 0.6) is 28.7 Å². The summed E-state index contributed by atoms with van der Waals surface area (Å²) in [5, 5.41) is 18.7. The summed E-state index contributed by atoms with van der Waals surface area (Å²) in [6.07, 6.45) is 16.3. The van der Waals surface area contributed by atoms with E-state index in [1.165, 1.54) is 26.4 Å². The monoisotopic (exact) mass is 1260 g/mol. The third-order valence-corrected chi connectivity index (χ3v) is 16.5. The van der Waals surface area contributed by atoms with E-state index in [2.05, 4.69) is 31.9 Å². The fraction of sp³-hybridized carbons (Fsp3) is 0.642. The molecule has 2 saturated carbocycles. The molecule has 0 aliphatic heterocycles. The van der Waals surface area contributed by atoms with Crippen LogP contribution in [0.4, 0.5) is 0 Å². The fourth-order valence-electron chi connectivity index (χ4n) is 11.2. The summed E-state index contributed by atoms with van der Waals surface area (Å²) in [7, 11) is 10.6. The molecule has 0 bridgehead atoms. The minimum Gasteiger partial charge on any atom is -0.496 e. The summed E-state index contributed by atoms with van der Waals surface area (Å²) in [4.78, 5) is 88.4. The van der Waals surface area contributed by atoms with Gasteiger partial charge in [-0.25, -0.2) is 0 Å². The summed E-state index contributed by atoms with van der Waals surface area (Å²) in [5.74, 6) is -0.629. The van der Waals surface area contributed by atoms with Crippen LogP contribution >= 0.6 is 0 Å². The molecule has 2 aliphatic carbocycles. The van der Waals surface area contributed by atoms with Crippen molar-refractivity contribution in [3.63, 3.8) is 0 Å². The zero-order chi connectivity index (χ0) is 65.2. The molecule has 0 radical (unpaired) electrons. The number of nitrogens with two attached hydrogens (primary N) is 4. The van der Waals surface area contributed by atoms with Crippen LogP contribution in [0.3, 0.4) is 0 Å². The molecule has 3 aromatic carbocycles. The zero-order valence-electron chi connectivity index (χ0n) is 54.8. The molecule has 0 atom stereocenters. The van der Waals surface area contributed by atoms with Crippen molar-refractivity contribution in [2.24, 2.45) is 22.9 Å². The molecule has 6 amide bonds. The van der Waals surface area contributed by atoms with Gasteiger partial charge in [-0.05, 0) is 213 Å². The van der Waals surface area contributed by atoms with E-state index in [9.17, 15) is 28.8 Å². The molecule has 0 spiro atoms. The van der Waals surface area contributed by atoms with E-state index in [1.807, 2.05) is 44.1 Å². The number of ether oxygens (including phenoxy) is 5. The number of rotatable bonds is 42. The Morgan fingerprint density at radius 2 is 0.667 bits per heavy atom. The molecule has 5 rings (SSSR count). The number of benzene rings is 3. The lowest BCUT2D eigenvalue weighted by Crippen LogP contribution is -2.44. The highest BCUT2D eigenvalue weighted by molar-refractivity contribution is 6.05. The molecular weight excluding hydrogens is 1150 g/mol. The van der Waals surface area contributed by atoms with Crippen molar-refractivity contribution in [2.75, 3.05) is 115 Å². The molecule has 0 aromatic heterocycles. The molecule has 23 heteroatoms. The van der Waals surface area contributed by atoms with Gasteiger partial charge < -0.3 is 88.3 Å². The lowest BCUT2D eigenvalue weighted by atomic mass is 9.90. The van der Waals surface area contributed by atoms with Crippen LogP contribution in [0.15, 0.2) is 36.4 Å². The van der Waals surface area contributed by atoms with Crippen LogP contribution in [0.1, 0.15) is 203 Å². The van der Waals surface area contributed by atoms with Crippen molar-refractivity contribution in [3.8, 4) is 28.7 Å². The average molecular weight is 1260 g/mol. The van der Waals surface area contributed by atoms with Gasteiger partial charge in [0.25, 0.3) is 35.4 Å². The second-order valence-corrected chi connectivity index (χ2v) is 24.3. The lowest BCUT2D eigenvalue weighted by molar-refractivity contribution is 0.0882. The molecule has 14 N–H and O–H groups in total. The van der Waals surface area contributed by atoms with Crippen LogP contribution in [-0.4, -0.2) is 184 Å². The van der Waals surface area contributed by atoms with Crippen LogP contribution in [0, 0.1) is 0 Å². The molecule has 502 valence electrons. The zero-order valence-corrected chi connectivity index (χ0v) is 54.8. The van der Waals surface area contributed by atoms with E-state index in [-0.39, 0.29) is 81.5 Å². The van der Waals surface area contributed by atoms with Gasteiger partial charge >= 0.3 is 0 Å². The first-order valence-corrected chi connectivity index (χ1v) is 32.9. The third-order valence-electron chi connectivity index (χ3n) is 16.5. The number of likely N-dealkylation sites (N-methyl/N-ethyl adjacent to an activating group) is 2. The Bertz CT molecular complexity index is 2540. The number of aryl methyl sites for hydroxylation is 1. The Labute approximate surface area is 534 Å². The van der Waals surface area contributed by atoms with Gasteiger partial charge in [-0.3, -0.25) is 28.8 Å². The fourth-order valence-corrected chi connectivity index (χ4v) is 11.2. The number of methoxy groups -OCH3 is 2. The van der Waals surface area contributed by atoms with Gasteiger partial charge in [0.2, 0.25) is 0 Å². The largest absolute Gasteiger partial charge is 0.496 e. The molecule has 0 saturated heterocycles. The number of nitrogens with zero attached hydrogens (tertiary/aromatic N) is 2. The minimum absolute atomic E-state index is 0.161. The molecule has 23 nitrogen and oxygen atoms in total. The summed E-state index contributed by atoms with van der Waals surface area (Å²) >= 11 is 0. The van der Waals surface area contributed by atoms with Crippen LogP contribution < -0.4 is 78.5 Å². The number of nitrogens with one attached hydrogen (secondary N) is 6. The van der Waals surface area contributed by atoms with E-state index in [0.29, 0.717) is 158 Å². The molecule has 0 unspecified atom stereocenters. The third kappa shape index (κ3) is 24.8. The maximum atomic E-state index is 14.3. The number of hydrogen-bond donors (Lipinski definition) is 10. The molecule has 2 aliphatic rings. The highest BCUT2D eigenvalue weighted by atomic mass is 16.5. The maximum Gasteiger partial charge on any atom is 0.255 e. The second kappa shape index (κ2) is 40.9. The first-order chi connectivity index (χ1) is 43.5. The maximum absolute atomic E-state index is 14.3. The second-order valence-electron chi connectivity index (χ2n) is 24.3. The van der Waals surface area contributed by atoms with Crippen LogP contribution in [0.2, 0.25) is 0 Å². The van der Waals surface area contributed by atoms with Crippen molar-refractivity contribution in [3.05, 3.63) is 75.3 Å². The van der Waals surface area contributed by atoms with Crippen molar-refractivity contribution in [1.29, 1.82) is 0 Å². The molecule has 3 aromatic rings. The van der Waals surface area contributed by atoms with Crippen molar-refractivity contribution >= 4 is 35.4 Å². The smallest absolute Gasteiger partial charge is 0.255 e. The van der Waals surface area contributed by atoms with Crippen molar-refractivity contribution in [2.45, 2.75) is 165 Å². The van der Waals surface area contributed by atoms with Crippen LogP contribution in [-0.2, 0) is 6.42 Å². The highest BCUT2D eigenvalue weighted by Gasteiger charge is 2.31. The number of amides is 6. The predicted molar refractivity (Wildman–Crippen MR) is 353 cm³/mol. The van der Waals surface area contributed by atoms with Gasteiger partial charge in [-0.15, -0.1) is 0 Å². The first kappa shape index (κ1) is 74.0. The quantitative estimate of drug-likeness (QED) is 0.0299. The first-order valence-electron chi connectivity index (χ1n) is 32.9.